The predicted molar refractivity (Wildman–Crippen MR) is 94.4 cm³/mol. The van der Waals surface area contributed by atoms with E-state index in [4.69, 9.17) is 9.47 Å². The van der Waals surface area contributed by atoms with Gasteiger partial charge in [-0.25, -0.2) is 0 Å². The van der Waals surface area contributed by atoms with E-state index in [1.165, 1.54) is 0 Å². The molecule has 1 saturated heterocycles. The summed E-state index contributed by atoms with van der Waals surface area (Å²) in [5.41, 5.74) is 0.716. The lowest BCUT2D eigenvalue weighted by molar-refractivity contribution is -0.135. The lowest BCUT2D eigenvalue weighted by atomic mass is 10.1. The third kappa shape index (κ3) is 4.97. The van der Waals surface area contributed by atoms with E-state index in [1.54, 1.807) is 17.0 Å². The molecule has 0 bridgehead atoms. The Morgan fingerprint density at radius 3 is 2.64 bits per heavy atom. The Morgan fingerprint density at radius 1 is 1.16 bits per heavy atom. The number of benzene rings is 2. The summed E-state index contributed by atoms with van der Waals surface area (Å²) in [5.74, 6) is 0.731. The van der Waals surface area contributed by atoms with Crippen LogP contribution >= 0.6 is 0 Å². The van der Waals surface area contributed by atoms with Crippen LogP contribution in [-0.2, 0) is 16.1 Å². The van der Waals surface area contributed by atoms with Crippen LogP contribution in [-0.4, -0.2) is 41.8 Å². The topological polar surface area (TPSA) is 59.0 Å². The summed E-state index contributed by atoms with van der Waals surface area (Å²) in [7, 11) is 0. The molecule has 2 aromatic carbocycles. The van der Waals surface area contributed by atoms with Crippen LogP contribution < -0.4 is 4.74 Å². The average molecular weight is 341 g/mol. The van der Waals surface area contributed by atoms with Crippen molar-refractivity contribution < 1.29 is 19.4 Å². The zero-order chi connectivity index (χ0) is 17.5. The largest absolute Gasteiger partial charge is 0.508 e. The second-order valence-electron chi connectivity index (χ2n) is 6.14. The summed E-state index contributed by atoms with van der Waals surface area (Å²) in [4.78, 5) is 14.4. The molecule has 1 fully saturated rings. The standard InChI is InChI=1S/C20H23NO4/c22-19-11-5-4-7-16(19)13-21(14-18-10-6-12-24-18)20(23)15-25-17-8-2-1-3-9-17/h1-5,7-9,11,18,22H,6,10,12-15H2. The number of hydrogen-bond acceptors (Lipinski definition) is 4. The molecule has 0 aromatic heterocycles. The minimum Gasteiger partial charge on any atom is -0.508 e. The summed E-state index contributed by atoms with van der Waals surface area (Å²) in [6, 6.07) is 16.3. The van der Waals surface area contributed by atoms with Gasteiger partial charge in [0.05, 0.1) is 6.10 Å². The molecule has 0 spiro atoms. The van der Waals surface area contributed by atoms with Gasteiger partial charge in [-0.1, -0.05) is 36.4 Å². The van der Waals surface area contributed by atoms with E-state index < -0.39 is 0 Å². The van der Waals surface area contributed by atoms with E-state index in [2.05, 4.69) is 0 Å². The zero-order valence-corrected chi connectivity index (χ0v) is 14.1. The average Bonchev–Trinajstić information content (AvgIpc) is 3.15. The maximum atomic E-state index is 12.7. The van der Waals surface area contributed by atoms with Crippen molar-refractivity contribution in [3.05, 3.63) is 60.2 Å². The highest BCUT2D eigenvalue weighted by Crippen LogP contribution is 2.20. The number of para-hydroxylation sites is 2. The van der Waals surface area contributed by atoms with Crippen LogP contribution in [0.25, 0.3) is 0 Å². The Bertz CT molecular complexity index is 683. The number of aromatic hydroxyl groups is 1. The van der Waals surface area contributed by atoms with Gasteiger partial charge in [-0.2, -0.15) is 0 Å². The molecule has 1 unspecified atom stereocenters. The van der Waals surface area contributed by atoms with Crippen LogP contribution in [0.5, 0.6) is 11.5 Å². The van der Waals surface area contributed by atoms with Crippen LogP contribution in [0.2, 0.25) is 0 Å². The van der Waals surface area contributed by atoms with Crippen molar-refractivity contribution in [2.45, 2.75) is 25.5 Å². The van der Waals surface area contributed by atoms with E-state index in [-0.39, 0.29) is 24.4 Å². The molecule has 0 radical (unpaired) electrons. The number of nitrogens with zero attached hydrogens (tertiary/aromatic N) is 1. The first-order valence-corrected chi connectivity index (χ1v) is 8.56. The van der Waals surface area contributed by atoms with Crippen molar-refractivity contribution in [2.75, 3.05) is 19.8 Å². The number of rotatable bonds is 7. The SMILES string of the molecule is O=C(COc1ccccc1)N(Cc1ccccc1O)CC1CCCO1. The summed E-state index contributed by atoms with van der Waals surface area (Å²) >= 11 is 0. The number of hydrogen-bond donors (Lipinski definition) is 1. The van der Waals surface area contributed by atoms with E-state index in [0.717, 1.165) is 19.4 Å². The van der Waals surface area contributed by atoms with E-state index in [9.17, 15) is 9.90 Å². The van der Waals surface area contributed by atoms with Crippen molar-refractivity contribution in [1.82, 2.24) is 4.90 Å². The summed E-state index contributed by atoms with van der Waals surface area (Å²) in [6.45, 7) is 1.54. The molecule has 0 aliphatic carbocycles. The predicted octanol–water partition coefficient (Wildman–Crippen LogP) is 2.98. The van der Waals surface area contributed by atoms with Gasteiger partial charge in [-0.05, 0) is 31.0 Å². The molecular weight excluding hydrogens is 318 g/mol. The lowest BCUT2D eigenvalue weighted by Gasteiger charge is -2.26. The first kappa shape index (κ1) is 17.3. The summed E-state index contributed by atoms with van der Waals surface area (Å²) < 4.78 is 11.3. The molecule has 1 aliphatic heterocycles. The molecule has 0 saturated carbocycles. The Morgan fingerprint density at radius 2 is 1.92 bits per heavy atom. The fourth-order valence-electron chi connectivity index (χ4n) is 2.89. The maximum Gasteiger partial charge on any atom is 0.260 e. The minimum absolute atomic E-state index is 0.0374. The Kier molecular flexibility index (Phi) is 5.90. The first-order valence-electron chi connectivity index (χ1n) is 8.56. The number of ether oxygens (including phenoxy) is 2. The third-order valence-electron chi connectivity index (χ3n) is 4.26. The van der Waals surface area contributed by atoms with Crippen molar-refractivity contribution in [3.63, 3.8) is 0 Å². The Balaban J connectivity index is 1.66. The van der Waals surface area contributed by atoms with Crippen molar-refractivity contribution in [1.29, 1.82) is 0 Å². The highest BCUT2D eigenvalue weighted by Gasteiger charge is 2.23. The van der Waals surface area contributed by atoms with Crippen molar-refractivity contribution >= 4 is 5.91 Å². The van der Waals surface area contributed by atoms with Gasteiger partial charge in [-0.15, -0.1) is 0 Å². The molecule has 1 atom stereocenters. The molecule has 2 aromatic rings. The number of carbonyl (C=O) groups excluding carboxylic acids is 1. The van der Waals surface area contributed by atoms with Crippen LogP contribution in [0.15, 0.2) is 54.6 Å². The van der Waals surface area contributed by atoms with Gasteiger partial charge in [-0.3, -0.25) is 4.79 Å². The Labute approximate surface area is 147 Å². The molecule has 1 aliphatic rings. The smallest absolute Gasteiger partial charge is 0.260 e. The minimum atomic E-state index is -0.123. The molecule has 5 nitrogen and oxygen atoms in total. The van der Waals surface area contributed by atoms with Gasteiger partial charge >= 0.3 is 0 Å². The molecule has 1 N–H and O–H groups in total. The second kappa shape index (κ2) is 8.53. The highest BCUT2D eigenvalue weighted by atomic mass is 16.5. The molecular formula is C20H23NO4. The van der Waals surface area contributed by atoms with E-state index >= 15 is 0 Å². The molecule has 1 heterocycles. The van der Waals surface area contributed by atoms with E-state index in [0.29, 0.717) is 24.4 Å². The second-order valence-corrected chi connectivity index (χ2v) is 6.14. The molecule has 5 heteroatoms. The van der Waals surface area contributed by atoms with Crippen LogP contribution in [0.1, 0.15) is 18.4 Å². The number of phenols is 1. The van der Waals surface area contributed by atoms with Crippen molar-refractivity contribution in [2.24, 2.45) is 0 Å². The van der Waals surface area contributed by atoms with Gasteiger partial charge in [0.1, 0.15) is 11.5 Å². The van der Waals surface area contributed by atoms with Crippen LogP contribution in [0, 0.1) is 0 Å². The molecule has 3 rings (SSSR count). The van der Waals surface area contributed by atoms with Gasteiger partial charge in [0.15, 0.2) is 6.61 Å². The zero-order valence-electron chi connectivity index (χ0n) is 14.1. The Hall–Kier alpha value is -2.53. The lowest BCUT2D eigenvalue weighted by Crippen LogP contribution is -2.39. The fraction of sp³-hybridized carbons (Fsp3) is 0.350. The van der Waals surface area contributed by atoms with Gasteiger partial charge in [0.2, 0.25) is 0 Å². The van der Waals surface area contributed by atoms with Crippen LogP contribution in [0.3, 0.4) is 0 Å². The monoisotopic (exact) mass is 341 g/mol. The first-order chi connectivity index (χ1) is 12.2. The number of amides is 1. The normalized spacial score (nSPS) is 16.6. The number of carbonyl (C=O) groups is 1. The van der Waals surface area contributed by atoms with E-state index in [1.807, 2.05) is 42.5 Å². The third-order valence-corrected chi connectivity index (χ3v) is 4.26. The van der Waals surface area contributed by atoms with Crippen LogP contribution in [0.4, 0.5) is 0 Å². The van der Waals surface area contributed by atoms with Gasteiger partial charge in [0.25, 0.3) is 5.91 Å². The number of phenolic OH excluding ortho intramolecular Hbond substituents is 1. The maximum absolute atomic E-state index is 12.7. The van der Waals surface area contributed by atoms with Gasteiger partial charge < -0.3 is 19.5 Å². The quantitative estimate of drug-likeness (QED) is 0.841. The molecule has 25 heavy (non-hydrogen) atoms. The fourth-order valence-corrected chi connectivity index (χ4v) is 2.89. The summed E-state index contributed by atoms with van der Waals surface area (Å²) in [6.07, 6.45) is 2.01. The van der Waals surface area contributed by atoms with Crippen molar-refractivity contribution in [3.8, 4) is 11.5 Å². The van der Waals surface area contributed by atoms with Gasteiger partial charge in [0, 0.05) is 25.3 Å². The molecule has 132 valence electrons. The highest BCUT2D eigenvalue weighted by molar-refractivity contribution is 5.78. The molecule has 1 amide bonds. The summed E-state index contributed by atoms with van der Waals surface area (Å²) in [5, 5.41) is 10.0.